The molecule has 0 unspecified atom stereocenters. The van der Waals surface area contributed by atoms with E-state index in [0.717, 1.165) is 22.5 Å². The molecule has 1 N–H and O–H groups in total. The lowest BCUT2D eigenvalue weighted by molar-refractivity contribution is -0.131. The summed E-state index contributed by atoms with van der Waals surface area (Å²) in [6.45, 7) is 1.16. The first kappa shape index (κ1) is 17.2. The minimum Gasteiger partial charge on any atom is -0.340 e. The van der Waals surface area contributed by atoms with Crippen molar-refractivity contribution in [2.75, 3.05) is 13.1 Å². The van der Waals surface area contributed by atoms with Gasteiger partial charge in [-0.15, -0.1) is 0 Å². The second-order valence-electron chi connectivity index (χ2n) is 6.58. The predicted molar refractivity (Wildman–Crippen MR) is 98.7 cm³/mol. The molecule has 1 aliphatic heterocycles. The number of nitrogens with one attached hydrogen (secondary N) is 1. The molecule has 4 rings (SSSR count). The standard InChI is InChI=1S/C20H19FN4O2/c21-15-6-4-14(5-7-15)20-16-8-11-24(12-9-17(16)22-23-20)19(27)13-25-10-2-1-3-18(25)26/h1-7,10H,8-9,11-13H2,(H,22,23). The van der Waals surface area contributed by atoms with Crippen LogP contribution in [0.25, 0.3) is 11.3 Å². The molecule has 1 amide bonds. The van der Waals surface area contributed by atoms with E-state index in [1.165, 1.54) is 22.8 Å². The molecule has 2 aromatic heterocycles. The summed E-state index contributed by atoms with van der Waals surface area (Å²) >= 11 is 0. The highest BCUT2D eigenvalue weighted by molar-refractivity contribution is 5.76. The van der Waals surface area contributed by atoms with Gasteiger partial charge in [-0.1, -0.05) is 6.07 Å². The number of amides is 1. The van der Waals surface area contributed by atoms with Gasteiger partial charge in [-0.3, -0.25) is 14.7 Å². The van der Waals surface area contributed by atoms with Crippen LogP contribution in [0.4, 0.5) is 4.39 Å². The molecule has 3 aromatic rings. The van der Waals surface area contributed by atoms with Gasteiger partial charge in [-0.05, 0) is 36.8 Å². The number of hydrogen-bond donors (Lipinski definition) is 1. The first-order valence-corrected chi connectivity index (χ1v) is 8.87. The summed E-state index contributed by atoms with van der Waals surface area (Å²) in [4.78, 5) is 26.2. The average molecular weight is 366 g/mol. The van der Waals surface area contributed by atoms with E-state index in [2.05, 4.69) is 10.2 Å². The Morgan fingerprint density at radius 3 is 2.67 bits per heavy atom. The number of aromatic amines is 1. The van der Waals surface area contributed by atoms with Gasteiger partial charge in [-0.2, -0.15) is 5.10 Å². The van der Waals surface area contributed by atoms with Gasteiger partial charge in [0.2, 0.25) is 5.91 Å². The van der Waals surface area contributed by atoms with Gasteiger partial charge in [0.05, 0.1) is 5.69 Å². The minimum absolute atomic E-state index is 0.0384. The van der Waals surface area contributed by atoms with Gasteiger partial charge in [0.15, 0.2) is 0 Å². The molecule has 1 aliphatic rings. The third-order valence-electron chi connectivity index (χ3n) is 4.89. The van der Waals surface area contributed by atoms with Crippen LogP contribution < -0.4 is 5.56 Å². The Labute approximate surface area is 155 Å². The quantitative estimate of drug-likeness (QED) is 0.771. The van der Waals surface area contributed by atoms with E-state index in [4.69, 9.17) is 0 Å². The molecular formula is C20H19FN4O2. The van der Waals surface area contributed by atoms with Crippen molar-refractivity contribution in [2.45, 2.75) is 19.4 Å². The molecule has 0 bridgehead atoms. The normalized spacial score (nSPS) is 13.9. The number of carbonyl (C=O) groups is 1. The van der Waals surface area contributed by atoms with Crippen LogP contribution in [0, 0.1) is 5.82 Å². The third-order valence-corrected chi connectivity index (χ3v) is 4.89. The van der Waals surface area contributed by atoms with Crippen LogP contribution in [0.1, 0.15) is 11.3 Å². The highest BCUT2D eigenvalue weighted by Gasteiger charge is 2.23. The number of aromatic nitrogens is 3. The molecule has 138 valence electrons. The molecule has 1 aromatic carbocycles. The second-order valence-corrected chi connectivity index (χ2v) is 6.58. The number of H-pyrrole nitrogens is 1. The molecule has 0 spiro atoms. The summed E-state index contributed by atoms with van der Waals surface area (Å²) in [5, 5.41) is 7.45. The fourth-order valence-electron chi connectivity index (χ4n) is 3.42. The molecule has 0 saturated heterocycles. The van der Waals surface area contributed by atoms with Crippen LogP contribution in [-0.2, 0) is 24.2 Å². The van der Waals surface area contributed by atoms with Gasteiger partial charge < -0.3 is 9.47 Å². The SMILES string of the molecule is O=C(Cn1ccccc1=O)N1CCc2[nH]nc(-c3ccc(F)cc3)c2CC1. The van der Waals surface area contributed by atoms with Gasteiger partial charge in [-0.25, -0.2) is 4.39 Å². The molecule has 0 atom stereocenters. The van der Waals surface area contributed by atoms with Crippen molar-refractivity contribution in [3.63, 3.8) is 0 Å². The Kier molecular flexibility index (Phi) is 4.58. The Morgan fingerprint density at radius 2 is 1.89 bits per heavy atom. The molecular weight excluding hydrogens is 347 g/mol. The van der Waals surface area contributed by atoms with Crippen molar-refractivity contribution in [3.8, 4) is 11.3 Å². The number of halogens is 1. The molecule has 0 saturated carbocycles. The number of pyridine rings is 1. The lowest BCUT2D eigenvalue weighted by Gasteiger charge is -2.20. The fourth-order valence-corrected chi connectivity index (χ4v) is 3.42. The molecule has 7 heteroatoms. The molecule has 0 fully saturated rings. The maximum Gasteiger partial charge on any atom is 0.250 e. The highest BCUT2D eigenvalue weighted by Crippen LogP contribution is 2.26. The van der Waals surface area contributed by atoms with Gasteiger partial charge >= 0.3 is 0 Å². The summed E-state index contributed by atoms with van der Waals surface area (Å²) in [6, 6.07) is 11.1. The molecule has 6 nitrogen and oxygen atoms in total. The predicted octanol–water partition coefficient (Wildman–Crippen LogP) is 2.00. The van der Waals surface area contributed by atoms with Crippen molar-refractivity contribution in [1.82, 2.24) is 19.7 Å². The lowest BCUT2D eigenvalue weighted by Crippen LogP contribution is -2.37. The molecule has 0 aliphatic carbocycles. The zero-order valence-electron chi connectivity index (χ0n) is 14.7. The smallest absolute Gasteiger partial charge is 0.250 e. The van der Waals surface area contributed by atoms with Crippen LogP contribution in [0.2, 0.25) is 0 Å². The number of rotatable bonds is 3. The van der Waals surface area contributed by atoms with E-state index in [1.807, 2.05) is 0 Å². The third kappa shape index (κ3) is 3.53. The van der Waals surface area contributed by atoms with Crippen molar-refractivity contribution in [1.29, 1.82) is 0 Å². The van der Waals surface area contributed by atoms with Gasteiger partial charge in [0, 0.05) is 48.6 Å². The summed E-state index contributed by atoms with van der Waals surface area (Å²) in [5.74, 6) is -0.363. The number of nitrogens with zero attached hydrogens (tertiary/aromatic N) is 3. The first-order valence-electron chi connectivity index (χ1n) is 8.87. The largest absolute Gasteiger partial charge is 0.340 e. The lowest BCUT2D eigenvalue weighted by atomic mass is 10.0. The molecule has 3 heterocycles. The Hall–Kier alpha value is -3.22. The van der Waals surface area contributed by atoms with E-state index in [-0.39, 0.29) is 23.8 Å². The van der Waals surface area contributed by atoms with Crippen molar-refractivity contribution < 1.29 is 9.18 Å². The van der Waals surface area contributed by atoms with Gasteiger partial charge in [0.25, 0.3) is 5.56 Å². The van der Waals surface area contributed by atoms with E-state index in [1.54, 1.807) is 35.4 Å². The van der Waals surface area contributed by atoms with Gasteiger partial charge in [0.1, 0.15) is 12.4 Å². The number of fused-ring (bicyclic) bond motifs is 1. The summed E-state index contributed by atoms with van der Waals surface area (Å²) < 4.78 is 14.6. The zero-order valence-corrected chi connectivity index (χ0v) is 14.7. The zero-order chi connectivity index (χ0) is 18.8. The summed E-state index contributed by atoms with van der Waals surface area (Å²) in [6.07, 6.45) is 2.95. The van der Waals surface area contributed by atoms with Crippen LogP contribution >= 0.6 is 0 Å². The van der Waals surface area contributed by atoms with E-state index < -0.39 is 0 Å². The second kappa shape index (κ2) is 7.19. The van der Waals surface area contributed by atoms with Crippen molar-refractivity contribution in [2.24, 2.45) is 0 Å². The number of benzene rings is 1. The maximum absolute atomic E-state index is 13.2. The average Bonchev–Trinajstić information content (AvgIpc) is 2.95. The molecule has 27 heavy (non-hydrogen) atoms. The molecule has 0 radical (unpaired) electrons. The van der Waals surface area contributed by atoms with E-state index in [9.17, 15) is 14.0 Å². The number of hydrogen-bond acceptors (Lipinski definition) is 3. The first-order chi connectivity index (χ1) is 13.1. The maximum atomic E-state index is 13.2. The summed E-state index contributed by atoms with van der Waals surface area (Å²) in [7, 11) is 0. The summed E-state index contributed by atoms with van der Waals surface area (Å²) in [5.41, 5.74) is 3.53. The van der Waals surface area contributed by atoms with E-state index in [0.29, 0.717) is 25.9 Å². The van der Waals surface area contributed by atoms with Crippen LogP contribution in [0.3, 0.4) is 0 Å². The van der Waals surface area contributed by atoms with Crippen LogP contribution in [0.5, 0.6) is 0 Å². The monoisotopic (exact) mass is 366 g/mol. The van der Waals surface area contributed by atoms with Crippen molar-refractivity contribution >= 4 is 5.91 Å². The Balaban J connectivity index is 1.50. The van der Waals surface area contributed by atoms with Crippen LogP contribution in [-0.4, -0.2) is 38.7 Å². The van der Waals surface area contributed by atoms with Crippen molar-refractivity contribution in [3.05, 3.63) is 76.1 Å². The van der Waals surface area contributed by atoms with E-state index >= 15 is 0 Å². The topological polar surface area (TPSA) is 71.0 Å². The Bertz CT molecular complexity index is 1020. The Morgan fingerprint density at radius 1 is 1.11 bits per heavy atom. The highest BCUT2D eigenvalue weighted by atomic mass is 19.1. The van der Waals surface area contributed by atoms with Crippen LogP contribution in [0.15, 0.2) is 53.5 Å². The minimum atomic E-state index is -0.284. The number of carbonyl (C=O) groups excluding carboxylic acids is 1. The fraction of sp³-hybridized carbons (Fsp3) is 0.250.